The molecule has 1 N–H and O–H groups in total. The summed E-state index contributed by atoms with van der Waals surface area (Å²) in [5.74, 6) is -0.566. The standard InChI is InChI=1S/C10H4Cl2N2O4S/c11-5-3-6(12)7(14(17)18)1-4(5)2-8-9(15)13-10(16)19-8/h1-3H,(H,13,15,16)/b8-2-. The number of nitrogens with one attached hydrogen (secondary N) is 1. The minimum Gasteiger partial charge on any atom is -0.282 e. The lowest BCUT2D eigenvalue weighted by Gasteiger charge is -2.01. The first-order chi connectivity index (χ1) is 8.88. The average molecular weight is 319 g/mol. The van der Waals surface area contributed by atoms with Gasteiger partial charge in [0.25, 0.3) is 16.8 Å². The fourth-order valence-corrected chi connectivity index (χ4v) is 2.55. The van der Waals surface area contributed by atoms with Crippen LogP contribution in [0.4, 0.5) is 10.5 Å². The van der Waals surface area contributed by atoms with Gasteiger partial charge < -0.3 is 0 Å². The van der Waals surface area contributed by atoms with Crippen LogP contribution in [-0.2, 0) is 4.79 Å². The van der Waals surface area contributed by atoms with Crippen molar-refractivity contribution in [2.75, 3.05) is 0 Å². The van der Waals surface area contributed by atoms with Crippen LogP contribution in [0.5, 0.6) is 0 Å². The van der Waals surface area contributed by atoms with Crippen molar-refractivity contribution in [2.45, 2.75) is 0 Å². The number of nitro groups is 1. The Morgan fingerprint density at radius 1 is 1.26 bits per heavy atom. The number of imide groups is 1. The van der Waals surface area contributed by atoms with Crippen LogP contribution in [0.3, 0.4) is 0 Å². The van der Waals surface area contributed by atoms with E-state index in [9.17, 15) is 19.7 Å². The van der Waals surface area contributed by atoms with Gasteiger partial charge >= 0.3 is 0 Å². The molecule has 98 valence electrons. The van der Waals surface area contributed by atoms with Crippen LogP contribution in [-0.4, -0.2) is 16.1 Å². The van der Waals surface area contributed by atoms with Crippen molar-refractivity contribution < 1.29 is 14.5 Å². The molecule has 0 radical (unpaired) electrons. The Bertz CT molecular complexity index is 645. The fraction of sp³-hybridized carbons (Fsp3) is 0. The summed E-state index contributed by atoms with van der Waals surface area (Å²) in [7, 11) is 0. The highest BCUT2D eigenvalue weighted by Crippen LogP contribution is 2.34. The summed E-state index contributed by atoms with van der Waals surface area (Å²) in [6.07, 6.45) is 1.30. The van der Waals surface area contributed by atoms with Gasteiger partial charge in [-0.25, -0.2) is 0 Å². The summed E-state index contributed by atoms with van der Waals surface area (Å²) in [5, 5.41) is 12.4. The molecule has 1 aliphatic heterocycles. The third kappa shape index (κ3) is 2.89. The largest absolute Gasteiger partial charge is 0.290 e. The molecule has 1 heterocycles. The predicted molar refractivity (Wildman–Crippen MR) is 72.2 cm³/mol. The highest BCUT2D eigenvalue weighted by atomic mass is 35.5. The SMILES string of the molecule is O=C1NC(=O)/C(=C/c2cc([N+](=O)[O-])c(Cl)cc2Cl)S1. The van der Waals surface area contributed by atoms with Crippen molar-refractivity contribution in [2.24, 2.45) is 0 Å². The smallest absolute Gasteiger partial charge is 0.282 e. The van der Waals surface area contributed by atoms with Crippen molar-refractivity contribution in [1.82, 2.24) is 5.32 Å². The van der Waals surface area contributed by atoms with Crippen LogP contribution >= 0.6 is 35.0 Å². The van der Waals surface area contributed by atoms with Gasteiger partial charge in [0, 0.05) is 16.7 Å². The molecule has 6 nitrogen and oxygen atoms in total. The Balaban J connectivity index is 2.49. The molecule has 1 aromatic carbocycles. The second kappa shape index (κ2) is 5.20. The maximum atomic E-state index is 11.4. The number of hydrogen-bond donors (Lipinski definition) is 1. The number of hydrogen-bond acceptors (Lipinski definition) is 5. The zero-order chi connectivity index (χ0) is 14.2. The lowest BCUT2D eigenvalue weighted by atomic mass is 10.2. The Kier molecular flexibility index (Phi) is 3.79. The average Bonchev–Trinajstić information content (AvgIpc) is 2.60. The van der Waals surface area contributed by atoms with Crippen molar-refractivity contribution in [1.29, 1.82) is 0 Å². The summed E-state index contributed by atoms with van der Waals surface area (Å²) in [5.41, 5.74) is -0.0854. The molecule has 19 heavy (non-hydrogen) atoms. The molecule has 0 bridgehead atoms. The predicted octanol–water partition coefficient (Wildman–Crippen LogP) is 3.23. The molecule has 1 aliphatic rings. The van der Waals surface area contributed by atoms with Crippen LogP contribution in [0.2, 0.25) is 10.0 Å². The van der Waals surface area contributed by atoms with Gasteiger partial charge in [0.15, 0.2) is 0 Å². The van der Waals surface area contributed by atoms with Gasteiger partial charge in [-0.2, -0.15) is 0 Å². The second-order valence-electron chi connectivity index (χ2n) is 3.43. The van der Waals surface area contributed by atoms with E-state index >= 15 is 0 Å². The van der Waals surface area contributed by atoms with Crippen molar-refractivity contribution in [3.8, 4) is 0 Å². The van der Waals surface area contributed by atoms with Gasteiger partial charge in [0.1, 0.15) is 5.02 Å². The van der Waals surface area contributed by atoms with Gasteiger partial charge in [-0.1, -0.05) is 23.2 Å². The Morgan fingerprint density at radius 3 is 2.47 bits per heavy atom. The molecule has 0 spiro atoms. The molecule has 1 fully saturated rings. The summed E-state index contributed by atoms with van der Waals surface area (Å²) >= 11 is 12.3. The normalized spacial score (nSPS) is 16.8. The zero-order valence-corrected chi connectivity index (χ0v) is 11.3. The fourth-order valence-electron chi connectivity index (χ4n) is 1.37. The maximum Gasteiger partial charge on any atom is 0.290 e. The van der Waals surface area contributed by atoms with E-state index in [1.165, 1.54) is 12.1 Å². The van der Waals surface area contributed by atoms with E-state index in [0.29, 0.717) is 11.8 Å². The Labute approximate surface area is 120 Å². The monoisotopic (exact) mass is 318 g/mol. The lowest BCUT2D eigenvalue weighted by Crippen LogP contribution is -2.17. The van der Waals surface area contributed by atoms with Crippen LogP contribution < -0.4 is 5.32 Å². The van der Waals surface area contributed by atoms with E-state index in [0.717, 1.165) is 6.07 Å². The minimum absolute atomic E-state index is 0.100. The van der Waals surface area contributed by atoms with Crippen molar-refractivity contribution >= 4 is 57.9 Å². The molecule has 0 aliphatic carbocycles. The molecular formula is C10H4Cl2N2O4S. The van der Waals surface area contributed by atoms with Crippen LogP contribution in [0.15, 0.2) is 17.0 Å². The van der Waals surface area contributed by atoms with E-state index in [-0.39, 0.29) is 26.2 Å². The molecule has 0 aromatic heterocycles. The summed E-state index contributed by atoms with van der Waals surface area (Å²) in [6, 6.07) is 2.36. The van der Waals surface area contributed by atoms with Crippen molar-refractivity contribution in [3.63, 3.8) is 0 Å². The number of nitrogens with zero attached hydrogens (tertiary/aromatic N) is 1. The third-order valence-electron chi connectivity index (χ3n) is 2.19. The van der Waals surface area contributed by atoms with E-state index in [1.807, 2.05) is 0 Å². The van der Waals surface area contributed by atoms with E-state index in [2.05, 4.69) is 5.32 Å². The molecule has 2 amide bonds. The first kappa shape index (κ1) is 13.9. The third-order valence-corrected chi connectivity index (χ3v) is 3.63. The van der Waals surface area contributed by atoms with E-state index < -0.39 is 16.1 Å². The molecule has 2 rings (SSSR count). The molecule has 9 heteroatoms. The summed E-state index contributed by atoms with van der Waals surface area (Å²) in [6.45, 7) is 0. The summed E-state index contributed by atoms with van der Waals surface area (Å²) in [4.78, 5) is 32.6. The first-order valence-corrected chi connectivity index (χ1v) is 6.34. The number of halogens is 2. The van der Waals surface area contributed by atoms with Crippen molar-refractivity contribution in [3.05, 3.63) is 42.8 Å². The highest BCUT2D eigenvalue weighted by Gasteiger charge is 2.26. The number of benzene rings is 1. The second-order valence-corrected chi connectivity index (χ2v) is 5.26. The van der Waals surface area contributed by atoms with Gasteiger partial charge in [-0.05, 0) is 23.9 Å². The molecule has 0 saturated carbocycles. The lowest BCUT2D eigenvalue weighted by molar-refractivity contribution is -0.384. The Morgan fingerprint density at radius 2 is 1.95 bits per heavy atom. The minimum atomic E-state index is -0.659. The molecule has 1 saturated heterocycles. The topological polar surface area (TPSA) is 89.3 Å². The number of rotatable bonds is 2. The van der Waals surface area contributed by atoms with Gasteiger partial charge in [0.2, 0.25) is 0 Å². The van der Waals surface area contributed by atoms with Crippen LogP contribution in [0.1, 0.15) is 5.56 Å². The number of nitro benzene ring substituents is 1. The van der Waals surface area contributed by atoms with Gasteiger partial charge in [-0.15, -0.1) is 0 Å². The molecular weight excluding hydrogens is 315 g/mol. The Hall–Kier alpha value is -1.57. The zero-order valence-electron chi connectivity index (χ0n) is 8.98. The first-order valence-electron chi connectivity index (χ1n) is 4.77. The van der Waals surface area contributed by atoms with Gasteiger partial charge in [0.05, 0.1) is 9.83 Å². The van der Waals surface area contributed by atoms with E-state index in [4.69, 9.17) is 23.2 Å². The molecule has 0 unspecified atom stereocenters. The number of amides is 2. The number of carbonyl (C=O) groups is 2. The van der Waals surface area contributed by atoms with Crippen LogP contribution in [0.25, 0.3) is 6.08 Å². The molecule has 1 aromatic rings. The summed E-state index contributed by atoms with van der Waals surface area (Å²) < 4.78 is 0. The highest BCUT2D eigenvalue weighted by molar-refractivity contribution is 8.18. The number of thioether (sulfide) groups is 1. The quantitative estimate of drug-likeness (QED) is 0.513. The van der Waals surface area contributed by atoms with Gasteiger partial charge in [-0.3, -0.25) is 25.0 Å². The molecule has 0 atom stereocenters. The number of carbonyl (C=O) groups excluding carboxylic acids is 2. The van der Waals surface area contributed by atoms with E-state index in [1.54, 1.807) is 0 Å². The maximum absolute atomic E-state index is 11.4. The van der Waals surface area contributed by atoms with Crippen LogP contribution in [0, 0.1) is 10.1 Å².